The van der Waals surface area contributed by atoms with Gasteiger partial charge in [-0.15, -0.1) is 0 Å². The van der Waals surface area contributed by atoms with E-state index in [1.165, 1.54) is 38.5 Å². The van der Waals surface area contributed by atoms with Crippen LogP contribution >= 0.6 is 0 Å². The van der Waals surface area contributed by atoms with E-state index in [1.54, 1.807) is 5.57 Å². The standard InChI is InChI=1S/C13H20O/c14-12-3-1-2-10(8-12)13-7-9-4-5-11(13)6-9/h8-9,11-14H,1-7H2. The highest BCUT2D eigenvalue weighted by Gasteiger charge is 2.41. The average molecular weight is 192 g/mol. The lowest BCUT2D eigenvalue weighted by Gasteiger charge is -2.28. The lowest BCUT2D eigenvalue weighted by Crippen LogP contribution is -2.18. The van der Waals surface area contributed by atoms with Crippen LogP contribution in [0.1, 0.15) is 44.9 Å². The fourth-order valence-electron chi connectivity index (χ4n) is 3.94. The van der Waals surface area contributed by atoms with Crippen LogP contribution < -0.4 is 0 Å². The molecule has 0 heterocycles. The third-order valence-electron chi connectivity index (χ3n) is 4.59. The Morgan fingerprint density at radius 2 is 2.07 bits per heavy atom. The predicted molar refractivity (Wildman–Crippen MR) is 56.9 cm³/mol. The third kappa shape index (κ3) is 1.42. The molecular formula is C13H20O. The zero-order chi connectivity index (χ0) is 9.54. The number of fused-ring (bicyclic) bond motifs is 2. The van der Waals surface area contributed by atoms with Crippen LogP contribution in [0.4, 0.5) is 0 Å². The highest BCUT2D eigenvalue weighted by Crippen LogP contribution is 2.52. The monoisotopic (exact) mass is 192 g/mol. The van der Waals surface area contributed by atoms with Gasteiger partial charge < -0.3 is 5.11 Å². The van der Waals surface area contributed by atoms with Crippen LogP contribution in [0.15, 0.2) is 11.6 Å². The molecule has 0 radical (unpaired) electrons. The van der Waals surface area contributed by atoms with Crippen molar-refractivity contribution in [2.75, 3.05) is 0 Å². The molecule has 0 saturated heterocycles. The topological polar surface area (TPSA) is 20.2 Å². The summed E-state index contributed by atoms with van der Waals surface area (Å²) in [6.45, 7) is 0. The van der Waals surface area contributed by atoms with Gasteiger partial charge in [0, 0.05) is 0 Å². The molecule has 1 N–H and O–H groups in total. The van der Waals surface area contributed by atoms with Crippen molar-refractivity contribution in [1.82, 2.24) is 0 Å². The van der Waals surface area contributed by atoms with Gasteiger partial charge in [-0.1, -0.05) is 18.1 Å². The molecule has 2 saturated carbocycles. The minimum Gasteiger partial charge on any atom is -0.389 e. The van der Waals surface area contributed by atoms with Gasteiger partial charge in [-0.25, -0.2) is 0 Å². The summed E-state index contributed by atoms with van der Waals surface area (Å²) in [4.78, 5) is 0. The van der Waals surface area contributed by atoms with E-state index in [4.69, 9.17) is 0 Å². The molecule has 3 aliphatic rings. The Bertz CT molecular complexity index is 256. The maximum absolute atomic E-state index is 9.63. The Labute approximate surface area is 86.2 Å². The molecule has 3 aliphatic carbocycles. The number of hydrogen-bond acceptors (Lipinski definition) is 1. The number of allylic oxidation sites excluding steroid dienone is 1. The van der Waals surface area contributed by atoms with Crippen molar-refractivity contribution in [3.63, 3.8) is 0 Å². The van der Waals surface area contributed by atoms with Gasteiger partial charge in [0.1, 0.15) is 0 Å². The molecule has 0 aromatic carbocycles. The van der Waals surface area contributed by atoms with E-state index in [1.807, 2.05) is 0 Å². The summed E-state index contributed by atoms with van der Waals surface area (Å²) in [5.41, 5.74) is 1.61. The van der Waals surface area contributed by atoms with Gasteiger partial charge in [-0.3, -0.25) is 0 Å². The lowest BCUT2D eigenvalue weighted by atomic mass is 9.79. The smallest absolute Gasteiger partial charge is 0.0723 e. The van der Waals surface area contributed by atoms with E-state index in [2.05, 4.69) is 6.08 Å². The van der Waals surface area contributed by atoms with E-state index >= 15 is 0 Å². The second kappa shape index (κ2) is 3.37. The van der Waals surface area contributed by atoms with Crippen molar-refractivity contribution in [2.24, 2.45) is 17.8 Å². The molecule has 0 amide bonds. The van der Waals surface area contributed by atoms with Crippen molar-refractivity contribution < 1.29 is 5.11 Å². The van der Waals surface area contributed by atoms with Gasteiger partial charge in [0.2, 0.25) is 0 Å². The Morgan fingerprint density at radius 3 is 2.71 bits per heavy atom. The number of aliphatic hydroxyl groups excluding tert-OH is 1. The number of hydrogen-bond donors (Lipinski definition) is 1. The first kappa shape index (κ1) is 8.96. The summed E-state index contributed by atoms with van der Waals surface area (Å²) in [5, 5.41) is 9.63. The predicted octanol–water partition coefficient (Wildman–Crippen LogP) is 2.89. The fourth-order valence-corrected chi connectivity index (χ4v) is 3.94. The minimum absolute atomic E-state index is 0.127. The van der Waals surface area contributed by atoms with Crippen LogP contribution in [0.25, 0.3) is 0 Å². The van der Waals surface area contributed by atoms with E-state index in [-0.39, 0.29) is 6.10 Å². The lowest BCUT2D eigenvalue weighted by molar-refractivity contribution is 0.197. The Balaban J connectivity index is 1.76. The van der Waals surface area contributed by atoms with Crippen molar-refractivity contribution in [3.05, 3.63) is 11.6 Å². The molecule has 0 aromatic heterocycles. The van der Waals surface area contributed by atoms with E-state index in [0.29, 0.717) is 0 Å². The van der Waals surface area contributed by atoms with E-state index in [9.17, 15) is 5.11 Å². The average Bonchev–Trinajstić information content (AvgIpc) is 2.78. The molecule has 0 aliphatic heterocycles. The first-order valence-corrected chi connectivity index (χ1v) is 6.21. The maximum Gasteiger partial charge on any atom is 0.0723 e. The van der Waals surface area contributed by atoms with Crippen molar-refractivity contribution in [2.45, 2.75) is 51.0 Å². The number of rotatable bonds is 1. The van der Waals surface area contributed by atoms with Crippen LogP contribution in [-0.2, 0) is 0 Å². The maximum atomic E-state index is 9.63. The minimum atomic E-state index is -0.127. The van der Waals surface area contributed by atoms with Gasteiger partial charge in [-0.2, -0.15) is 0 Å². The molecule has 4 atom stereocenters. The molecule has 0 aromatic rings. The zero-order valence-corrected chi connectivity index (χ0v) is 8.78. The summed E-state index contributed by atoms with van der Waals surface area (Å²) in [6.07, 6.45) is 11.4. The second-order valence-corrected chi connectivity index (χ2v) is 5.48. The molecule has 1 nitrogen and oxygen atoms in total. The summed E-state index contributed by atoms with van der Waals surface area (Å²) < 4.78 is 0. The van der Waals surface area contributed by atoms with Crippen LogP contribution in [0, 0.1) is 17.8 Å². The highest BCUT2D eigenvalue weighted by molar-refractivity contribution is 5.16. The first-order valence-electron chi connectivity index (χ1n) is 6.21. The first-order chi connectivity index (χ1) is 6.83. The fraction of sp³-hybridized carbons (Fsp3) is 0.846. The quantitative estimate of drug-likeness (QED) is 0.633. The zero-order valence-electron chi connectivity index (χ0n) is 8.78. The number of aliphatic hydroxyl groups is 1. The van der Waals surface area contributed by atoms with Gasteiger partial charge in [-0.05, 0) is 56.3 Å². The normalized spacial score (nSPS) is 46.8. The third-order valence-corrected chi connectivity index (χ3v) is 4.59. The Morgan fingerprint density at radius 1 is 1.14 bits per heavy atom. The Hall–Kier alpha value is -0.300. The van der Waals surface area contributed by atoms with Gasteiger partial charge in [0.05, 0.1) is 6.10 Å². The van der Waals surface area contributed by atoms with Gasteiger partial charge >= 0.3 is 0 Å². The van der Waals surface area contributed by atoms with Crippen LogP contribution in [0.3, 0.4) is 0 Å². The van der Waals surface area contributed by atoms with E-state index in [0.717, 1.165) is 24.2 Å². The van der Waals surface area contributed by atoms with Crippen molar-refractivity contribution in [3.8, 4) is 0 Å². The summed E-state index contributed by atoms with van der Waals surface area (Å²) in [7, 11) is 0. The molecule has 2 fully saturated rings. The van der Waals surface area contributed by atoms with Gasteiger partial charge in [0.15, 0.2) is 0 Å². The van der Waals surface area contributed by atoms with Crippen molar-refractivity contribution in [1.29, 1.82) is 0 Å². The highest BCUT2D eigenvalue weighted by atomic mass is 16.3. The Kier molecular flexibility index (Phi) is 2.16. The molecule has 2 bridgehead atoms. The van der Waals surface area contributed by atoms with E-state index < -0.39 is 0 Å². The summed E-state index contributed by atoms with van der Waals surface area (Å²) in [6, 6.07) is 0. The molecule has 78 valence electrons. The van der Waals surface area contributed by atoms with Crippen LogP contribution in [-0.4, -0.2) is 11.2 Å². The summed E-state index contributed by atoms with van der Waals surface area (Å²) in [5.74, 6) is 2.88. The molecular weight excluding hydrogens is 172 g/mol. The van der Waals surface area contributed by atoms with Gasteiger partial charge in [0.25, 0.3) is 0 Å². The van der Waals surface area contributed by atoms with Crippen LogP contribution in [0.5, 0.6) is 0 Å². The largest absolute Gasteiger partial charge is 0.389 e. The second-order valence-electron chi connectivity index (χ2n) is 5.48. The molecule has 0 spiro atoms. The molecule has 4 unspecified atom stereocenters. The SMILES string of the molecule is OC1C=C(C2CC3CCC2C3)CCC1. The molecule has 1 heteroatoms. The molecule has 3 rings (SSSR count). The van der Waals surface area contributed by atoms with Crippen molar-refractivity contribution >= 4 is 0 Å². The van der Waals surface area contributed by atoms with Crippen LogP contribution in [0.2, 0.25) is 0 Å². The molecule has 14 heavy (non-hydrogen) atoms. The summed E-state index contributed by atoms with van der Waals surface area (Å²) >= 11 is 0.